The second kappa shape index (κ2) is 7.97. The van der Waals surface area contributed by atoms with Crippen molar-refractivity contribution in [1.29, 1.82) is 0 Å². The third kappa shape index (κ3) is 4.70. The van der Waals surface area contributed by atoms with Crippen molar-refractivity contribution >= 4 is 28.1 Å². The van der Waals surface area contributed by atoms with Gasteiger partial charge >= 0.3 is 5.97 Å². The molecular weight excluding hydrogens is 290 g/mol. The smallest absolute Gasteiger partial charge is 0.362 e. The number of carbonyl (C=O) groups excluding carboxylic acids is 1. The number of oxime groups is 1. The fraction of sp³-hybridized carbons (Fsp3) is 0.643. The van der Waals surface area contributed by atoms with Crippen LogP contribution in [0.3, 0.4) is 0 Å². The van der Waals surface area contributed by atoms with Gasteiger partial charge < -0.3 is 15.3 Å². The molecule has 1 aliphatic carbocycles. The fourth-order valence-corrected chi connectivity index (χ4v) is 2.89. The Labute approximate surface area is 128 Å². The zero-order valence-corrected chi connectivity index (χ0v) is 13.0. The molecule has 7 heteroatoms. The minimum absolute atomic E-state index is 0.0839. The van der Waals surface area contributed by atoms with Crippen molar-refractivity contribution in [3.63, 3.8) is 0 Å². The molecule has 21 heavy (non-hydrogen) atoms. The average Bonchev–Trinajstić information content (AvgIpc) is 2.91. The summed E-state index contributed by atoms with van der Waals surface area (Å²) >= 11 is 1.25. The van der Waals surface area contributed by atoms with E-state index in [9.17, 15) is 4.79 Å². The molecule has 116 valence electrons. The maximum atomic E-state index is 11.9. The normalized spacial score (nSPS) is 16.7. The van der Waals surface area contributed by atoms with Gasteiger partial charge in [-0.05, 0) is 25.7 Å². The summed E-state index contributed by atoms with van der Waals surface area (Å²) in [5.41, 5.74) is 6.08. The lowest BCUT2D eigenvalue weighted by Crippen LogP contribution is -2.20. The van der Waals surface area contributed by atoms with E-state index in [1.807, 2.05) is 0 Å². The molecule has 0 radical (unpaired) electrons. The molecular formula is C14H21N3O3S. The summed E-state index contributed by atoms with van der Waals surface area (Å²) in [5.74, 6) is -0.0158. The van der Waals surface area contributed by atoms with Gasteiger partial charge in [-0.25, -0.2) is 9.78 Å². The van der Waals surface area contributed by atoms with Crippen molar-refractivity contribution in [3.8, 4) is 0 Å². The lowest BCUT2D eigenvalue weighted by molar-refractivity contribution is -0.135. The number of nitrogens with two attached hydrogens (primary N) is 1. The Bertz CT molecular complexity index is 495. The molecule has 0 bridgehead atoms. The van der Waals surface area contributed by atoms with Crippen LogP contribution < -0.4 is 5.73 Å². The predicted molar refractivity (Wildman–Crippen MR) is 82.2 cm³/mol. The van der Waals surface area contributed by atoms with Gasteiger partial charge in [0.25, 0.3) is 0 Å². The Balaban J connectivity index is 2.00. The fourth-order valence-electron chi connectivity index (χ4n) is 2.35. The Morgan fingerprint density at radius 1 is 1.48 bits per heavy atom. The van der Waals surface area contributed by atoms with E-state index in [4.69, 9.17) is 15.3 Å². The van der Waals surface area contributed by atoms with Crippen LogP contribution in [0, 0.1) is 5.92 Å². The van der Waals surface area contributed by atoms with Gasteiger partial charge in [0.1, 0.15) is 12.3 Å². The Morgan fingerprint density at radius 3 is 2.86 bits per heavy atom. The van der Waals surface area contributed by atoms with E-state index in [0.717, 1.165) is 12.8 Å². The molecule has 2 rings (SSSR count). The molecule has 6 nitrogen and oxygen atoms in total. The lowest BCUT2D eigenvalue weighted by atomic mass is 9.90. The van der Waals surface area contributed by atoms with E-state index >= 15 is 0 Å². The maximum Gasteiger partial charge on any atom is 0.362 e. The summed E-state index contributed by atoms with van der Waals surface area (Å²) in [7, 11) is 0. The Morgan fingerprint density at radius 2 is 2.24 bits per heavy atom. The first-order chi connectivity index (χ1) is 10.2. The largest absolute Gasteiger partial charge is 0.461 e. The number of nitrogens with zero attached hydrogens (tertiary/aromatic N) is 2. The maximum absolute atomic E-state index is 11.9. The highest BCUT2D eigenvalue weighted by molar-refractivity contribution is 7.13. The molecule has 2 N–H and O–H groups in total. The molecule has 0 unspecified atom stereocenters. The van der Waals surface area contributed by atoms with Crippen LogP contribution in [0.25, 0.3) is 0 Å². The van der Waals surface area contributed by atoms with Gasteiger partial charge in [-0.3, -0.25) is 0 Å². The molecule has 0 aromatic carbocycles. The first kappa shape index (κ1) is 15.8. The molecule has 1 aromatic heterocycles. The highest BCUT2D eigenvalue weighted by Crippen LogP contribution is 2.23. The molecule has 1 aromatic rings. The lowest BCUT2D eigenvalue weighted by Gasteiger charge is -2.19. The second-order valence-electron chi connectivity index (χ2n) is 5.03. The molecule has 0 atom stereocenters. The molecule has 1 heterocycles. The van der Waals surface area contributed by atoms with Gasteiger partial charge in [-0.15, -0.1) is 11.3 Å². The molecule has 0 amide bonds. The Hall–Kier alpha value is -1.63. The summed E-state index contributed by atoms with van der Waals surface area (Å²) in [6.45, 7) is 2.55. The van der Waals surface area contributed by atoms with E-state index in [1.54, 1.807) is 12.3 Å². The van der Waals surface area contributed by atoms with Crippen molar-refractivity contribution < 1.29 is 14.4 Å². The average molecular weight is 311 g/mol. The number of esters is 1. The van der Waals surface area contributed by atoms with E-state index in [1.165, 1.54) is 30.6 Å². The van der Waals surface area contributed by atoms with Crippen LogP contribution in [-0.4, -0.2) is 29.9 Å². The van der Waals surface area contributed by atoms with Crippen LogP contribution in [0.2, 0.25) is 0 Å². The van der Waals surface area contributed by atoms with E-state index in [-0.39, 0.29) is 12.3 Å². The third-order valence-corrected chi connectivity index (χ3v) is 4.10. The van der Waals surface area contributed by atoms with Crippen molar-refractivity contribution in [2.45, 2.75) is 39.0 Å². The predicted octanol–water partition coefficient (Wildman–Crippen LogP) is 2.59. The minimum Gasteiger partial charge on any atom is -0.461 e. The third-order valence-electron chi connectivity index (χ3n) is 3.42. The molecule has 0 aliphatic heterocycles. The van der Waals surface area contributed by atoms with Crippen molar-refractivity contribution in [3.05, 3.63) is 11.1 Å². The highest BCUT2D eigenvalue weighted by Gasteiger charge is 2.20. The van der Waals surface area contributed by atoms with Crippen molar-refractivity contribution in [2.75, 3.05) is 18.9 Å². The van der Waals surface area contributed by atoms with Crippen LogP contribution in [-0.2, 0) is 14.4 Å². The van der Waals surface area contributed by atoms with Crippen LogP contribution in [0.5, 0.6) is 0 Å². The summed E-state index contributed by atoms with van der Waals surface area (Å²) in [4.78, 5) is 21.4. The Kier molecular flexibility index (Phi) is 5.98. The first-order valence-corrected chi connectivity index (χ1v) is 8.17. The van der Waals surface area contributed by atoms with Gasteiger partial charge in [0.2, 0.25) is 5.71 Å². The summed E-state index contributed by atoms with van der Waals surface area (Å²) in [6.07, 6.45) is 6.10. The second-order valence-corrected chi connectivity index (χ2v) is 5.92. The summed E-state index contributed by atoms with van der Waals surface area (Å²) in [6, 6.07) is 0. The number of nitrogen functional groups attached to an aromatic ring is 1. The van der Waals surface area contributed by atoms with Crippen LogP contribution in [0.1, 0.15) is 44.7 Å². The molecule has 1 fully saturated rings. The first-order valence-electron chi connectivity index (χ1n) is 7.29. The number of thiazole rings is 1. The zero-order valence-electron chi connectivity index (χ0n) is 12.2. The van der Waals surface area contributed by atoms with Crippen LogP contribution in [0.15, 0.2) is 10.5 Å². The van der Waals surface area contributed by atoms with Crippen LogP contribution in [0.4, 0.5) is 5.13 Å². The van der Waals surface area contributed by atoms with E-state index < -0.39 is 5.97 Å². The monoisotopic (exact) mass is 311 g/mol. The van der Waals surface area contributed by atoms with Gasteiger partial charge in [0.05, 0.1) is 6.61 Å². The minimum atomic E-state index is -0.536. The molecule has 0 spiro atoms. The van der Waals surface area contributed by atoms with Crippen molar-refractivity contribution in [1.82, 2.24) is 4.98 Å². The highest BCUT2D eigenvalue weighted by atomic mass is 32.1. The number of rotatable bonds is 6. The van der Waals surface area contributed by atoms with E-state index in [2.05, 4.69) is 10.1 Å². The molecule has 0 saturated heterocycles. The number of ether oxygens (including phenoxy) is 1. The van der Waals surface area contributed by atoms with Gasteiger partial charge in [-0.2, -0.15) is 0 Å². The zero-order chi connectivity index (χ0) is 15.1. The summed E-state index contributed by atoms with van der Waals surface area (Å²) < 4.78 is 4.98. The SMILES string of the molecule is CCOC(=O)C(=NOCC1CCCCC1)c1csc(N)n1. The quantitative estimate of drug-likeness (QED) is 0.495. The topological polar surface area (TPSA) is 86.8 Å². The standard InChI is InChI=1S/C14H21N3O3S/c1-2-19-13(18)12(11-9-21-14(15)16-11)17-20-8-10-6-4-3-5-7-10/h9-10H,2-8H2,1H3,(H2,15,16). The number of anilines is 1. The number of carbonyl (C=O) groups is 1. The number of hydrogen-bond donors (Lipinski definition) is 1. The van der Waals surface area contributed by atoms with Gasteiger partial charge in [0.15, 0.2) is 5.13 Å². The summed E-state index contributed by atoms with van der Waals surface area (Å²) in [5, 5.41) is 6.01. The van der Waals surface area contributed by atoms with Crippen LogP contribution >= 0.6 is 11.3 Å². The van der Waals surface area contributed by atoms with Gasteiger partial charge in [-0.1, -0.05) is 24.4 Å². The van der Waals surface area contributed by atoms with Gasteiger partial charge in [0, 0.05) is 5.38 Å². The molecule has 1 aliphatic rings. The number of aromatic nitrogens is 1. The molecule has 1 saturated carbocycles. The van der Waals surface area contributed by atoms with E-state index in [0.29, 0.717) is 23.4 Å². The number of hydrogen-bond acceptors (Lipinski definition) is 7. The van der Waals surface area contributed by atoms with Crippen molar-refractivity contribution in [2.24, 2.45) is 11.1 Å².